The van der Waals surface area contributed by atoms with Gasteiger partial charge in [-0.25, -0.2) is 8.42 Å². The molecule has 1 rings (SSSR count). The number of hydrogen-bond donors (Lipinski definition) is 1. The Morgan fingerprint density at radius 3 is 2.57 bits per heavy atom. The van der Waals surface area contributed by atoms with Crippen LogP contribution in [-0.2, 0) is 16.3 Å². The van der Waals surface area contributed by atoms with Crippen molar-refractivity contribution in [2.24, 2.45) is 0 Å². The lowest BCUT2D eigenvalue weighted by Crippen LogP contribution is -2.32. The van der Waals surface area contributed by atoms with Gasteiger partial charge in [-0.1, -0.05) is 30.7 Å². The Morgan fingerprint density at radius 2 is 1.95 bits per heavy atom. The molecule has 3 nitrogen and oxygen atoms in total. The Balaban J connectivity index is 2.66. The fraction of sp³-hybridized carbons (Fsp3) is 0.647. The molecule has 0 aliphatic carbocycles. The standard InChI is InChI=1S/C17H29NO2S/c1-5-10-18-17(7-6-11-21(4,19)20)13-16-12-14(2)8-9-15(16)3/h8-9,12,17-18H,5-7,10-11,13H2,1-4H3. The Bertz CT molecular complexity index is 538. The van der Waals surface area contributed by atoms with Crippen LogP contribution in [0.2, 0.25) is 0 Å². The van der Waals surface area contributed by atoms with Crippen LogP contribution < -0.4 is 5.32 Å². The average Bonchev–Trinajstić information content (AvgIpc) is 2.38. The zero-order valence-corrected chi connectivity index (χ0v) is 14.6. The molecule has 4 heteroatoms. The first-order valence-corrected chi connectivity index (χ1v) is 9.85. The first-order chi connectivity index (χ1) is 9.81. The van der Waals surface area contributed by atoms with Gasteiger partial charge in [0.25, 0.3) is 0 Å². The third-order valence-corrected chi connectivity index (χ3v) is 4.75. The summed E-state index contributed by atoms with van der Waals surface area (Å²) in [7, 11) is -2.86. The van der Waals surface area contributed by atoms with Crippen molar-refractivity contribution in [2.45, 2.75) is 52.5 Å². The molecule has 1 aromatic carbocycles. The molecule has 0 spiro atoms. The lowest BCUT2D eigenvalue weighted by atomic mass is 9.96. The van der Waals surface area contributed by atoms with Crippen molar-refractivity contribution >= 4 is 9.84 Å². The highest BCUT2D eigenvalue weighted by atomic mass is 32.2. The van der Waals surface area contributed by atoms with Gasteiger partial charge in [0.05, 0.1) is 0 Å². The van der Waals surface area contributed by atoms with E-state index in [0.29, 0.717) is 6.04 Å². The molecule has 0 amide bonds. The molecule has 1 atom stereocenters. The molecule has 21 heavy (non-hydrogen) atoms. The third kappa shape index (κ3) is 7.63. The molecular formula is C17H29NO2S. The summed E-state index contributed by atoms with van der Waals surface area (Å²) in [5.41, 5.74) is 3.95. The van der Waals surface area contributed by atoms with E-state index in [1.165, 1.54) is 22.9 Å². The summed E-state index contributed by atoms with van der Waals surface area (Å²) >= 11 is 0. The minimum Gasteiger partial charge on any atom is -0.314 e. The first kappa shape index (κ1) is 18.2. The van der Waals surface area contributed by atoms with E-state index in [2.05, 4.69) is 44.3 Å². The van der Waals surface area contributed by atoms with E-state index in [9.17, 15) is 8.42 Å². The maximum Gasteiger partial charge on any atom is 0.147 e. The van der Waals surface area contributed by atoms with Crippen LogP contribution in [-0.4, -0.2) is 33.0 Å². The van der Waals surface area contributed by atoms with Crippen LogP contribution in [0.1, 0.15) is 42.9 Å². The molecule has 0 aromatic heterocycles. The molecule has 0 fully saturated rings. The van der Waals surface area contributed by atoms with Gasteiger partial charge in [0.1, 0.15) is 9.84 Å². The number of sulfone groups is 1. The topological polar surface area (TPSA) is 46.2 Å². The van der Waals surface area contributed by atoms with Crippen LogP contribution >= 0.6 is 0 Å². The van der Waals surface area contributed by atoms with Crippen LogP contribution in [0.3, 0.4) is 0 Å². The number of rotatable bonds is 9. The zero-order chi connectivity index (χ0) is 15.9. The summed E-state index contributed by atoms with van der Waals surface area (Å²) in [6.45, 7) is 7.39. The van der Waals surface area contributed by atoms with Crippen molar-refractivity contribution in [3.63, 3.8) is 0 Å². The SMILES string of the molecule is CCCNC(CCCS(C)(=O)=O)Cc1cc(C)ccc1C. The Morgan fingerprint density at radius 1 is 1.24 bits per heavy atom. The van der Waals surface area contributed by atoms with E-state index in [4.69, 9.17) is 0 Å². The van der Waals surface area contributed by atoms with Crippen LogP contribution in [0.5, 0.6) is 0 Å². The summed E-state index contributed by atoms with van der Waals surface area (Å²) in [4.78, 5) is 0. The quantitative estimate of drug-likeness (QED) is 0.762. The zero-order valence-electron chi connectivity index (χ0n) is 13.8. The number of nitrogens with one attached hydrogen (secondary N) is 1. The smallest absolute Gasteiger partial charge is 0.147 e. The van der Waals surface area contributed by atoms with Crippen LogP contribution in [0.25, 0.3) is 0 Å². The lowest BCUT2D eigenvalue weighted by Gasteiger charge is -2.20. The van der Waals surface area contributed by atoms with Gasteiger partial charge < -0.3 is 5.32 Å². The molecule has 0 bridgehead atoms. The Kier molecular flexibility index (Phi) is 7.40. The molecule has 0 saturated carbocycles. The van der Waals surface area contributed by atoms with E-state index in [1.807, 2.05) is 0 Å². The van der Waals surface area contributed by atoms with Gasteiger partial charge >= 0.3 is 0 Å². The van der Waals surface area contributed by atoms with Crippen LogP contribution in [0, 0.1) is 13.8 Å². The molecule has 0 aliphatic heterocycles. The molecule has 1 N–H and O–H groups in total. The van der Waals surface area contributed by atoms with E-state index in [0.717, 1.165) is 32.2 Å². The Labute approximate surface area is 130 Å². The largest absolute Gasteiger partial charge is 0.314 e. The summed E-state index contributed by atoms with van der Waals surface area (Å²) in [6.07, 6.45) is 5.00. The molecule has 0 aliphatic rings. The summed E-state index contributed by atoms with van der Waals surface area (Å²) in [6, 6.07) is 6.90. The molecule has 1 unspecified atom stereocenters. The second-order valence-electron chi connectivity index (χ2n) is 6.06. The van der Waals surface area contributed by atoms with Crippen molar-refractivity contribution < 1.29 is 8.42 Å². The summed E-state index contributed by atoms with van der Waals surface area (Å²) in [5.74, 6) is 0.282. The highest BCUT2D eigenvalue weighted by Crippen LogP contribution is 2.15. The van der Waals surface area contributed by atoms with Crippen molar-refractivity contribution in [3.05, 3.63) is 34.9 Å². The van der Waals surface area contributed by atoms with Crippen LogP contribution in [0.4, 0.5) is 0 Å². The van der Waals surface area contributed by atoms with Crippen molar-refractivity contribution in [1.29, 1.82) is 0 Å². The molecular weight excluding hydrogens is 282 g/mol. The molecule has 0 saturated heterocycles. The van der Waals surface area contributed by atoms with Crippen molar-refractivity contribution in [2.75, 3.05) is 18.6 Å². The summed E-state index contributed by atoms with van der Waals surface area (Å²) in [5, 5.41) is 3.56. The van der Waals surface area contributed by atoms with Crippen LogP contribution in [0.15, 0.2) is 18.2 Å². The highest BCUT2D eigenvalue weighted by molar-refractivity contribution is 7.90. The maximum atomic E-state index is 11.3. The first-order valence-electron chi connectivity index (χ1n) is 7.79. The van der Waals surface area contributed by atoms with Gasteiger partial charge in [-0.2, -0.15) is 0 Å². The fourth-order valence-electron chi connectivity index (χ4n) is 2.50. The van der Waals surface area contributed by atoms with E-state index in [1.54, 1.807) is 0 Å². The van der Waals surface area contributed by atoms with Gasteiger partial charge in [-0.05, 0) is 57.2 Å². The van der Waals surface area contributed by atoms with Crippen molar-refractivity contribution in [3.8, 4) is 0 Å². The molecule has 1 aromatic rings. The second kappa shape index (κ2) is 8.54. The molecule has 0 radical (unpaired) electrons. The second-order valence-corrected chi connectivity index (χ2v) is 8.32. The van der Waals surface area contributed by atoms with Gasteiger partial charge in [-0.15, -0.1) is 0 Å². The Hall–Kier alpha value is -0.870. The van der Waals surface area contributed by atoms with Gasteiger partial charge in [0, 0.05) is 18.1 Å². The van der Waals surface area contributed by atoms with Gasteiger partial charge in [0.15, 0.2) is 0 Å². The summed E-state index contributed by atoms with van der Waals surface area (Å²) < 4.78 is 22.5. The molecule has 120 valence electrons. The van der Waals surface area contributed by atoms with Crippen molar-refractivity contribution in [1.82, 2.24) is 5.32 Å². The average molecular weight is 311 g/mol. The highest BCUT2D eigenvalue weighted by Gasteiger charge is 2.12. The fourth-order valence-corrected chi connectivity index (χ4v) is 3.19. The third-order valence-electron chi connectivity index (χ3n) is 3.72. The van der Waals surface area contributed by atoms with E-state index >= 15 is 0 Å². The lowest BCUT2D eigenvalue weighted by molar-refractivity contribution is 0.471. The maximum absolute atomic E-state index is 11.3. The van der Waals surface area contributed by atoms with E-state index in [-0.39, 0.29) is 5.75 Å². The molecule has 0 heterocycles. The van der Waals surface area contributed by atoms with Gasteiger partial charge in [-0.3, -0.25) is 0 Å². The minimum atomic E-state index is -2.86. The monoisotopic (exact) mass is 311 g/mol. The predicted octanol–water partition coefficient (Wildman–Crippen LogP) is 3.04. The minimum absolute atomic E-state index is 0.282. The normalized spacial score (nSPS) is 13.3. The number of benzene rings is 1. The van der Waals surface area contributed by atoms with E-state index < -0.39 is 9.84 Å². The number of aryl methyl sites for hydroxylation is 2. The predicted molar refractivity (Wildman–Crippen MR) is 90.6 cm³/mol. The number of hydrogen-bond acceptors (Lipinski definition) is 3. The van der Waals surface area contributed by atoms with Gasteiger partial charge in [0.2, 0.25) is 0 Å².